The molecule has 1 unspecified atom stereocenters. The first-order chi connectivity index (χ1) is 17.2. The van der Waals surface area contributed by atoms with Gasteiger partial charge in [-0.25, -0.2) is 13.1 Å². The summed E-state index contributed by atoms with van der Waals surface area (Å²) in [6, 6.07) is 23.1. The van der Waals surface area contributed by atoms with Crippen LogP contribution in [0.2, 0.25) is 0 Å². The lowest BCUT2D eigenvalue weighted by Crippen LogP contribution is -2.45. The van der Waals surface area contributed by atoms with Gasteiger partial charge in [-0.3, -0.25) is 14.3 Å². The molecule has 1 heterocycles. The third kappa shape index (κ3) is 5.51. The van der Waals surface area contributed by atoms with E-state index in [1.165, 1.54) is 16.8 Å². The zero-order valence-electron chi connectivity index (χ0n) is 19.7. The molecule has 0 saturated heterocycles. The number of rotatable bonds is 8. The number of sulfonamides is 1. The van der Waals surface area contributed by atoms with Crippen LogP contribution in [0.1, 0.15) is 11.3 Å². The van der Waals surface area contributed by atoms with Crippen LogP contribution in [-0.2, 0) is 28.3 Å². The Morgan fingerprint density at radius 2 is 1.53 bits per heavy atom. The van der Waals surface area contributed by atoms with E-state index in [9.17, 15) is 18.0 Å². The fourth-order valence-electron chi connectivity index (χ4n) is 3.83. The number of hydrogen-bond acceptors (Lipinski definition) is 4. The maximum atomic E-state index is 13.4. The van der Waals surface area contributed by atoms with Crippen molar-refractivity contribution in [2.45, 2.75) is 24.3 Å². The molecule has 0 aliphatic rings. The minimum atomic E-state index is -4.02. The van der Waals surface area contributed by atoms with Gasteiger partial charge < -0.3 is 5.32 Å². The first-order valence-corrected chi connectivity index (χ1v) is 13.4. The van der Waals surface area contributed by atoms with E-state index in [0.717, 1.165) is 10.0 Å². The predicted molar refractivity (Wildman–Crippen MR) is 143 cm³/mol. The van der Waals surface area contributed by atoms with Gasteiger partial charge in [0, 0.05) is 11.5 Å². The molecule has 10 heteroatoms. The standard InChI is InChI=1S/C26H25BrN4O4S/c1-18-24(26(33)31(30(18)2)21-11-7-4-8-12-21)28-25(32)23(17-19-9-5-3-6-10-19)29-36(34,35)22-15-13-20(27)14-16-22/h3-16,23,29H,17H2,1-2H3,(H,28,32). The van der Waals surface area contributed by atoms with Crippen LogP contribution in [0.4, 0.5) is 5.69 Å². The molecule has 0 bridgehead atoms. The van der Waals surface area contributed by atoms with Gasteiger partial charge in [0.1, 0.15) is 11.7 Å². The van der Waals surface area contributed by atoms with Crippen LogP contribution in [0.25, 0.3) is 5.69 Å². The molecule has 0 saturated carbocycles. The molecule has 186 valence electrons. The quantitative estimate of drug-likeness (QED) is 0.337. The highest BCUT2D eigenvalue weighted by Crippen LogP contribution is 2.18. The van der Waals surface area contributed by atoms with Crippen LogP contribution in [0.5, 0.6) is 0 Å². The van der Waals surface area contributed by atoms with Crippen LogP contribution < -0.4 is 15.6 Å². The Labute approximate surface area is 217 Å². The molecule has 4 aromatic rings. The van der Waals surface area contributed by atoms with E-state index in [-0.39, 0.29) is 17.0 Å². The molecule has 0 aliphatic heterocycles. The largest absolute Gasteiger partial charge is 0.319 e. The van der Waals surface area contributed by atoms with Crippen molar-refractivity contribution in [2.75, 3.05) is 5.32 Å². The van der Waals surface area contributed by atoms with Crippen molar-refractivity contribution in [2.24, 2.45) is 7.05 Å². The van der Waals surface area contributed by atoms with Gasteiger partial charge in [0.2, 0.25) is 15.9 Å². The summed E-state index contributed by atoms with van der Waals surface area (Å²) >= 11 is 3.29. The number of carbonyl (C=O) groups excluding carboxylic acids is 1. The number of nitrogens with zero attached hydrogens (tertiary/aromatic N) is 2. The van der Waals surface area contributed by atoms with E-state index < -0.39 is 27.5 Å². The highest BCUT2D eigenvalue weighted by atomic mass is 79.9. The van der Waals surface area contributed by atoms with E-state index in [0.29, 0.717) is 11.4 Å². The minimum Gasteiger partial charge on any atom is -0.319 e. The topological polar surface area (TPSA) is 102 Å². The van der Waals surface area contributed by atoms with E-state index in [2.05, 4.69) is 26.0 Å². The Balaban J connectivity index is 1.67. The smallest absolute Gasteiger partial charge is 0.295 e. The van der Waals surface area contributed by atoms with Gasteiger partial charge in [0.05, 0.1) is 16.3 Å². The maximum absolute atomic E-state index is 13.4. The van der Waals surface area contributed by atoms with Crippen molar-refractivity contribution in [1.82, 2.24) is 14.1 Å². The van der Waals surface area contributed by atoms with Crippen molar-refractivity contribution in [3.8, 4) is 5.69 Å². The third-order valence-corrected chi connectivity index (χ3v) is 7.84. The van der Waals surface area contributed by atoms with Gasteiger partial charge in [-0.15, -0.1) is 0 Å². The van der Waals surface area contributed by atoms with Gasteiger partial charge in [-0.2, -0.15) is 4.72 Å². The van der Waals surface area contributed by atoms with Crippen molar-refractivity contribution in [3.05, 3.63) is 111 Å². The van der Waals surface area contributed by atoms with Gasteiger partial charge in [0.25, 0.3) is 5.56 Å². The molecular formula is C26H25BrN4O4S. The molecule has 0 radical (unpaired) electrons. The Morgan fingerprint density at radius 3 is 2.14 bits per heavy atom. The van der Waals surface area contributed by atoms with Gasteiger partial charge in [0.15, 0.2) is 0 Å². The number of hydrogen-bond donors (Lipinski definition) is 2. The zero-order chi connectivity index (χ0) is 25.9. The van der Waals surface area contributed by atoms with Crippen LogP contribution in [0.15, 0.2) is 99.1 Å². The number of anilines is 1. The second-order valence-electron chi connectivity index (χ2n) is 8.24. The predicted octanol–water partition coefficient (Wildman–Crippen LogP) is 3.78. The first kappa shape index (κ1) is 25.6. The summed E-state index contributed by atoms with van der Waals surface area (Å²) in [5, 5.41) is 2.69. The SMILES string of the molecule is Cc1c(NC(=O)C(Cc2ccccc2)NS(=O)(=O)c2ccc(Br)cc2)c(=O)n(-c2ccccc2)n1C. The zero-order valence-corrected chi connectivity index (χ0v) is 22.1. The Bertz CT molecular complexity index is 1530. The number of aromatic nitrogens is 2. The van der Waals surface area contributed by atoms with Gasteiger partial charge >= 0.3 is 0 Å². The monoisotopic (exact) mass is 568 g/mol. The average molecular weight is 569 g/mol. The van der Waals surface area contributed by atoms with E-state index in [4.69, 9.17) is 0 Å². The van der Waals surface area contributed by atoms with Crippen molar-refractivity contribution in [1.29, 1.82) is 0 Å². The highest BCUT2D eigenvalue weighted by molar-refractivity contribution is 9.10. The summed E-state index contributed by atoms with van der Waals surface area (Å²) in [6.07, 6.45) is 0.0984. The van der Waals surface area contributed by atoms with Crippen molar-refractivity contribution in [3.63, 3.8) is 0 Å². The Morgan fingerprint density at radius 1 is 0.944 bits per heavy atom. The molecule has 4 rings (SSSR count). The average Bonchev–Trinajstić information content (AvgIpc) is 3.08. The fraction of sp³-hybridized carbons (Fsp3) is 0.154. The van der Waals surface area contributed by atoms with Crippen molar-refractivity contribution < 1.29 is 13.2 Å². The molecule has 0 fully saturated rings. The number of halogens is 1. The molecule has 1 aromatic heterocycles. The molecule has 0 aliphatic carbocycles. The third-order valence-electron chi connectivity index (χ3n) is 5.82. The number of para-hydroxylation sites is 1. The summed E-state index contributed by atoms with van der Waals surface area (Å²) in [5.74, 6) is -0.634. The molecule has 0 spiro atoms. The molecule has 1 atom stereocenters. The number of nitrogens with one attached hydrogen (secondary N) is 2. The molecule has 2 N–H and O–H groups in total. The molecule has 1 amide bonds. The number of amides is 1. The summed E-state index contributed by atoms with van der Waals surface area (Å²) < 4.78 is 32.5. The Kier molecular flexibility index (Phi) is 7.58. The van der Waals surface area contributed by atoms with E-state index in [1.54, 1.807) is 42.9 Å². The lowest BCUT2D eigenvalue weighted by atomic mass is 10.1. The van der Waals surface area contributed by atoms with Crippen molar-refractivity contribution >= 4 is 37.5 Å². The van der Waals surface area contributed by atoms with Crippen LogP contribution in [-0.4, -0.2) is 29.7 Å². The summed E-state index contributed by atoms with van der Waals surface area (Å²) in [4.78, 5) is 26.7. The Hall–Kier alpha value is -3.47. The molecule has 8 nitrogen and oxygen atoms in total. The van der Waals surface area contributed by atoms with E-state index in [1.807, 2.05) is 48.5 Å². The second-order valence-corrected chi connectivity index (χ2v) is 10.9. The lowest BCUT2D eigenvalue weighted by molar-refractivity contribution is -0.117. The van der Waals surface area contributed by atoms with Gasteiger partial charge in [-0.05, 0) is 55.3 Å². The summed E-state index contributed by atoms with van der Waals surface area (Å²) in [7, 11) is -2.30. The second kappa shape index (κ2) is 10.7. The number of benzene rings is 3. The van der Waals surface area contributed by atoms with Gasteiger partial charge in [-0.1, -0.05) is 64.5 Å². The fourth-order valence-corrected chi connectivity index (χ4v) is 5.29. The molecule has 3 aromatic carbocycles. The minimum absolute atomic E-state index is 0.0267. The summed E-state index contributed by atoms with van der Waals surface area (Å²) in [5.41, 5.74) is 1.62. The number of carbonyl (C=O) groups is 1. The maximum Gasteiger partial charge on any atom is 0.295 e. The van der Waals surface area contributed by atoms with Crippen LogP contribution in [0.3, 0.4) is 0 Å². The van der Waals surface area contributed by atoms with E-state index >= 15 is 0 Å². The highest BCUT2D eigenvalue weighted by Gasteiger charge is 2.28. The first-order valence-electron chi connectivity index (χ1n) is 11.1. The lowest BCUT2D eigenvalue weighted by Gasteiger charge is -2.18. The molecular weight excluding hydrogens is 544 g/mol. The molecule has 36 heavy (non-hydrogen) atoms. The van der Waals surface area contributed by atoms with Crippen LogP contribution >= 0.6 is 15.9 Å². The summed E-state index contributed by atoms with van der Waals surface area (Å²) in [6.45, 7) is 1.72. The normalized spacial score (nSPS) is 12.3. The van der Waals surface area contributed by atoms with Crippen LogP contribution in [0, 0.1) is 6.92 Å².